The Morgan fingerprint density at radius 3 is 2.41 bits per heavy atom. The van der Waals surface area contributed by atoms with Gasteiger partial charge in [0.2, 0.25) is 5.91 Å². The zero-order chi connectivity index (χ0) is 22.8. The van der Waals surface area contributed by atoms with Crippen LogP contribution in [0.2, 0.25) is 5.02 Å². The Kier molecular flexibility index (Phi) is 6.43. The lowest BCUT2D eigenvalue weighted by molar-refractivity contribution is -0.138. The molecule has 0 bridgehead atoms. The third-order valence-corrected chi connectivity index (χ3v) is 6.10. The molecule has 2 aliphatic heterocycles. The summed E-state index contributed by atoms with van der Waals surface area (Å²) in [7, 11) is 0. The molecule has 2 fully saturated rings. The van der Waals surface area contributed by atoms with Crippen LogP contribution in [-0.4, -0.2) is 71.3 Å². The topological polar surface area (TPSA) is 64.2 Å². The second-order valence-electron chi connectivity index (χ2n) is 8.02. The van der Waals surface area contributed by atoms with Crippen molar-refractivity contribution in [2.24, 2.45) is 0 Å². The van der Waals surface area contributed by atoms with Crippen LogP contribution in [0.1, 0.15) is 12.5 Å². The van der Waals surface area contributed by atoms with Gasteiger partial charge < -0.3 is 4.90 Å². The SMILES string of the molecule is CC1C(=O)N(CC(=O)N2CCN(Cc3cccc(Cl)c3)CC2)C(=O)N1c1ccc(F)cc1. The lowest BCUT2D eigenvalue weighted by Crippen LogP contribution is -2.51. The molecule has 9 heteroatoms. The first kappa shape index (κ1) is 22.2. The van der Waals surface area contributed by atoms with E-state index in [2.05, 4.69) is 4.90 Å². The highest BCUT2D eigenvalue weighted by Crippen LogP contribution is 2.26. The summed E-state index contributed by atoms with van der Waals surface area (Å²) < 4.78 is 13.2. The number of urea groups is 1. The molecule has 0 aliphatic carbocycles. The minimum Gasteiger partial charge on any atom is -0.339 e. The molecular formula is C23H24ClFN4O3. The highest BCUT2D eigenvalue weighted by atomic mass is 35.5. The van der Waals surface area contributed by atoms with E-state index in [9.17, 15) is 18.8 Å². The number of piperazine rings is 1. The van der Waals surface area contributed by atoms with Crippen molar-refractivity contribution in [1.29, 1.82) is 0 Å². The summed E-state index contributed by atoms with van der Waals surface area (Å²) in [5, 5.41) is 0.695. The minimum absolute atomic E-state index is 0.262. The minimum atomic E-state index is -0.754. The maximum absolute atomic E-state index is 13.2. The molecular weight excluding hydrogens is 435 g/mol. The lowest BCUT2D eigenvalue weighted by atomic mass is 10.2. The average molecular weight is 459 g/mol. The van der Waals surface area contributed by atoms with E-state index in [1.54, 1.807) is 11.8 Å². The first-order valence-corrected chi connectivity index (χ1v) is 10.9. The largest absolute Gasteiger partial charge is 0.339 e. The predicted molar refractivity (Wildman–Crippen MR) is 119 cm³/mol. The van der Waals surface area contributed by atoms with Crippen LogP contribution in [0.4, 0.5) is 14.9 Å². The third-order valence-electron chi connectivity index (χ3n) is 5.87. The Bertz CT molecular complexity index is 1020. The highest BCUT2D eigenvalue weighted by Gasteiger charge is 2.44. The van der Waals surface area contributed by atoms with E-state index < -0.39 is 23.8 Å². The van der Waals surface area contributed by atoms with Crippen molar-refractivity contribution in [3.8, 4) is 0 Å². The number of nitrogens with zero attached hydrogens (tertiary/aromatic N) is 4. The molecule has 4 amide bonds. The van der Waals surface area contributed by atoms with Gasteiger partial charge in [0.05, 0.1) is 0 Å². The smallest absolute Gasteiger partial charge is 0.332 e. The molecule has 2 aliphatic rings. The molecule has 0 saturated carbocycles. The Balaban J connectivity index is 1.34. The van der Waals surface area contributed by atoms with Gasteiger partial charge in [0.15, 0.2) is 0 Å². The molecule has 0 spiro atoms. The molecule has 2 heterocycles. The normalized spacial score (nSPS) is 19.7. The first-order chi connectivity index (χ1) is 15.3. The van der Waals surface area contributed by atoms with Crippen LogP contribution in [0, 0.1) is 5.82 Å². The van der Waals surface area contributed by atoms with Gasteiger partial charge in [0, 0.05) is 43.4 Å². The lowest BCUT2D eigenvalue weighted by Gasteiger charge is -2.35. The maximum Gasteiger partial charge on any atom is 0.332 e. The highest BCUT2D eigenvalue weighted by molar-refractivity contribution is 6.30. The Labute approximate surface area is 190 Å². The van der Waals surface area contributed by atoms with Crippen LogP contribution in [-0.2, 0) is 16.1 Å². The van der Waals surface area contributed by atoms with Gasteiger partial charge in [-0.2, -0.15) is 0 Å². The fourth-order valence-corrected chi connectivity index (χ4v) is 4.30. The number of imide groups is 1. The van der Waals surface area contributed by atoms with E-state index in [0.717, 1.165) is 17.0 Å². The summed E-state index contributed by atoms with van der Waals surface area (Å²) in [5.41, 5.74) is 1.53. The van der Waals surface area contributed by atoms with Gasteiger partial charge in [-0.05, 0) is 48.9 Å². The monoisotopic (exact) mass is 458 g/mol. The molecule has 0 N–H and O–H groups in total. The van der Waals surface area contributed by atoms with Gasteiger partial charge in [-0.15, -0.1) is 0 Å². The number of carbonyl (C=O) groups excluding carboxylic acids is 3. The van der Waals surface area contributed by atoms with Crippen molar-refractivity contribution >= 4 is 35.1 Å². The Morgan fingerprint density at radius 2 is 1.75 bits per heavy atom. The van der Waals surface area contributed by atoms with Crippen LogP contribution >= 0.6 is 11.6 Å². The molecule has 0 aromatic heterocycles. The van der Waals surface area contributed by atoms with Crippen LogP contribution in [0.15, 0.2) is 48.5 Å². The molecule has 2 aromatic rings. The standard InChI is InChI=1S/C23H24ClFN4O3/c1-16-22(31)28(23(32)29(16)20-7-5-19(25)6-8-20)15-21(30)27-11-9-26(10-12-27)14-17-3-2-4-18(24)13-17/h2-8,13,16H,9-12,14-15H2,1H3. The van der Waals surface area contributed by atoms with Crippen molar-refractivity contribution in [1.82, 2.24) is 14.7 Å². The first-order valence-electron chi connectivity index (χ1n) is 10.5. The maximum atomic E-state index is 13.2. The van der Waals surface area contributed by atoms with E-state index >= 15 is 0 Å². The Hall–Kier alpha value is -2.97. The van der Waals surface area contributed by atoms with Gasteiger partial charge >= 0.3 is 6.03 Å². The zero-order valence-electron chi connectivity index (χ0n) is 17.7. The molecule has 2 saturated heterocycles. The molecule has 1 atom stereocenters. The second kappa shape index (κ2) is 9.26. The summed E-state index contributed by atoms with van der Waals surface area (Å²) in [6.07, 6.45) is 0. The van der Waals surface area contributed by atoms with Gasteiger partial charge in [-0.3, -0.25) is 24.3 Å². The van der Waals surface area contributed by atoms with Crippen LogP contribution < -0.4 is 4.90 Å². The second-order valence-corrected chi connectivity index (χ2v) is 8.45. The summed E-state index contributed by atoms with van der Waals surface area (Å²) in [4.78, 5) is 44.5. The van der Waals surface area contributed by atoms with Crippen molar-refractivity contribution in [2.75, 3.05) is 37.6 Å². The van der Waals surface area contributed by atoms with Crippen LogP contribution in [0.5, 0.6) is 0 Å². The average Bonchev–Trinajstić information content (AvgIpc) is 2.98. The number of anilines is 1. The number of benzene rings is 2. The quantitative estimate of drug-likeness (QED) is 0.646. The van der Waals surface area contributed by atoms with E-state index in [-0.39, 0.29) is 12.5 Å². The zero-order valence-corrected chi connectivity index (χ0v) is 18.5. The van der Waals surface area contributed by atoms with Crippen molar-refractivity contribution in [2.45, 2.75) is 19.5 Å². The van der Waals surface area contributed by atoms with Gasteiger partial charge in [0.25, 0.3) is 5.91 Å². The fraction of sp³-hybridized carbons (Fsp3) is 0.348. The molecule has 2 aromatic carbocycles. The van der Waals surface area contributed by atoms with Crippen molar-refractivity contribution < 1.29 is 18.8 Å². The van der Waals surface area contributed by atoms with Crippen LogP contribution in [0.3, 0.4) is 0 Å². The summed E-state index contributed by atoms with van der Waals surface area (Å²) in [5.74, 6) is -1.13. The number of amides is 4. The number of rotatable bonds is 5. The Morgan fingerprint density at radius 1 is 1.06 bits per heavy atom. The predicted octanol–water partition coefficient (Wildman–Crippen LogP) is 2.98. The third kappa shape index (κ3) is 4.61. The number of halogens is 2. The van der Waals surface area contributed by atoms with E-state index in [1.807, 2.05) is 24.3 Å². The molecule has 1 unspecified atom stereocenters. The van der Waals surface area contributed by atoms with Gasteiger partial charge in [-0.25, -0.2) is 9.18 Å². The number of carbonyl (C=O) groups is 3. The number of hydrogen-bond donors (Lipinski definition) is 0. The van der Waals surface area contributed by atoms with Gasteiger partial charge in [0.1, 0.15) is 18.4 Å². The molecule has 0 radical (unpaired) electrons. The summed E-state index contributed by atoms with van der Waals surface area (Å²) in [6, 6.07) is 11.7. The fourth-order valence-electron chi connectivity index (χ4n) is 4.09. The molecule has 32 heavy (non-hydrogen) atoms. The van der Waals surface area contributed by atoms with Gasteiger partial charge in [-0.1, -0.05) is 23.7 Å². The summed E-state index contributed by atoms with van der Waals surface area (Å²) in [6.45, 7) is 4.47. The molecule has 4 rings (SSSR count). The number of hydrogen-bond acceptors (Lipinski definition) is 4. The van der Waals surface area contributed by atoms with Crippen LogP contribution in [0.25, 0.3) is 0 Å². The van der Waals surface area contributed by atoms with E-state index in [0.29, 0.717) is 36.9 Å². The van der Waals surface area contributed by atoms with E-state index in [1.165, 1.54) is 29.2 Å². The van der Waals surface area contributed by atoms with E-state index in [4.69, 9.17) is 11.6 Å². The van der Waals surface area contributed by atoms with Crippen molar-refractivity contribution in [3.05, 3.63) is 64.9 Å². The summed E-state index contributed by atoms with van der Waals surface area (Å²) >= 11 is 6.05. The molecule has 168 valence electrons. The molecule has 7 nitrogen and oxygen atoms in total. The van der Waals surface area contributed by atoms with Crippen molar-refractivity contribution in [3.63, 3.8) is 0 Å².